The molecule has 0 spiro atoms. The second-order valence-electron chi connectivity index (χ2n) is 5.78. The molecular formula is C19H18F3N3O. The molecule has 136 valence electrons. The van der Waals surface area contributed by atoms with Crippen molar-refractivity contribution in [3.63, 3.8) is 0 Å². The van der Waals surface area contributed by atoms with Crippen LogP contribution in [0.15, 0.2) is 48.8 Å². The lowest BCUT2D eigenvalue weighted by Crippen LogP contribution is -2.04. The van der Waals surface area contributed by atoms with Crippen LogP contribution in [0.3, 0.4) is 0 Å². The number of H-pyrrole nitrogens is 1. The Kier molecular flexibility index (Phi) is 5.25. The summed E-state index contributed by atoms with van der Waals surface area (Å²) in [4.78, 5) is 11.6. The molecule has 7 heteroatoms. The van der Waals surface area contributed by atoms with Gasteiger partial charge in [0.1, 0.15) is 5.82 Å². The smallest absolute Gasteiger partial charge is 0.416 e. The maximum Gasteiger partial charge on any atom is 0.416 e. The molecule has 0 amide bonds. The van der Waals surface area contributed by atoms with Crippen LogP contribution in [0.5, 0.6) is 5.88 Å². The molecule has 0 radical (unpaired) electrons. The molecule has 2 aromatic heterocycles. The molecule has 26 heavy (non-hydrogen) atoms. The molecular weight excluding hydrogens is 343 g/mol. The molecule has 0 saturated carbocycles. The van der Waals surface area contributed by atoms with Gasteiger partial charge in [-0.25, -0.2) is 9.97 Å². The van der Waals surface area contributed by atoms with E-state index in [-0.39, 0.29) is 0 Å². The van der Waals surface area contributed by atoms with Gasteiger partial charge in [-0.3, -0.25) is 0 Å². The first kappa shape index (κ1) is 18.0. The van der Waals surface area contributed by atoms with Crippen molar-refractivity contribution < 1.29 is 17.9 Å². The minimum absolute atomic E-state index is 0.413. The normalized spacial score (nSPS) is 11.5. The Balaban J connectivity index is 1.89. The van der Waals surface area contributed by atoms with E-state index in [2.05, 4.69) is 21.9 Å². The molecule has 3 rings (SSSR count). The monoisotopic (exact) mass is 361 g/mol. The zero-order chi connectivity index (χ0) is 18.6. The van der Waals surface area contributed by atoms with Crippen LogP contribution < -0.4 is 4.74 Å². The third kappa shape index (κ3) is 4.04. The molecule has 0 aliphatic heterocycles. The SMILES string of the molecule is CCCCOc1ncccc1-c1ncc(-c2cccc(C(F)(F)F)c2)[nH]1. The van der Waals surface area contributed by atoms with Crippen molar-refractivity contribution in [3.8, 4) is 28.5 Å². The summed E-state index contributed by atoms with van der Waals surface area (Å²) in [6.45, 7) is 2.61. The number of aromatic nitrogens is 3. The first-order chi connectivity index (χ1) is 12.5. The number of halogens is 3. The van der Waals surface area contributed by atoms with Gasteiger partial charge in [-0.1, -0.05) is 25.5 Å². The number of aromatic amines is 1. The molecule has 0 aliphatic carbocycles. The summed E-state index contributed by atoms with van der Waals surface area (Å²) in [5, 5.41) is 0. The zero-order valence-corrected chi connectivity index (χ0v) is 14.2. The summed E-state index contributed by atoms with van der Waals surface area (Å²) in [5.41, 5.74) is 0.878. The average molecular weight is 361 g/mol. The molecule has 1 N–H and O–H groups in total. The molecule has 0 bridgehead atoms. The van der Waals surface area contributed by atoms with E-state index in [4.69, 9.17) is 4.74 Å². The number of alkyl halides is 3. The highest BCUT2D eigenvalue weighted by molar-refractivity contribution is 5.67. The van der Waals surface area contributed by atoms with Gasteiger partial charge in [0.25, 0.3) is 0 Å². The van der Waals surface area contributed by atoms with Crippen LogP contribution in [0.1, 0.15) is 25.3 Å². The summed E-state index contributed by atoms with van der Waals surface area (Å²) in [6.07, 6.45) is 0.657. The van der Waals surface area contributed by atoms with Gasteiger partial charge in [0.05, 0.1) is 29.6 Å². The largest absolute Gasteiger partial charge is 0.477 e. The van der Waals surface area contributed by atoms with E-state index in [1.807, 2.05) is 6.07 Å². The second-order valence-corrected chi connectivity index (χ2v) is 5.78. The van der Waals surface area contributed by atoms with Gasteiger partial charge in [0, 0.05) is 11.8 Å². The van der Waals surface area contributed by atoms with Gasteiger partial charge >= 0.3 is 6.18 Å². The summed E-state index contributed by atoms with van der Waals surface area (Å²) in [6, 6.07) is 8.69. The first-order valence-electron chi connectivity index (χ1n) is 8.30. The van der Waals surface area contributed by atoms with Crippen LogP contribution in [0, 0.1) is 0 Å². The number of hydrogen-bond acceptors (Lipinski definition) is 3. The van der Waals surface area contributed by atoms with E-state index < -0.39 is 11.7 Å². The van der Waals surface area contributed by atoms with Crippen molar-refractivity contribution in [3.05, 3.63) is 54.4 Å². The Morgan fingerprint density at radius 2 is 1.96 bits per heavy atom. The van der Waals surface area contributed by atoms with Crippen LogP contribution >= 0.6 is 0 Å². The zero-order valence-electron chi connectivity index (χ0n) is 14.2. The summed E-state index contributed by atoms with van der Waals surface area (Å²) in [5.74, 6) is 0.947. The van der Waals surface area contributed by atoms with Crippen molar-refractivity contribution in [1.82, 2.24) is 15.0 Å². The van der Waals surface area contributed by atoms with Crippen LogP contribution in [0.4, 0.5) is 13.2 Å². The van der Waals surface area contributed by atoms with Gasteiger partial charge in [-0.15, -0.1) is 0 Å². The number of nitrogens with one attached hydrogen (secondary N) is 1. The number of imidazole rings is 1. The maximum atomic E-state index is 12.9. The lowest BCUT2D eigenvalue weighted by Gasteiger charge is -2.08. The highest BCUT2D eigenvalue weighted by Crippen LogP contribution is 2.33. The van der Waals surface area contributed by atoms with Gasteiger partial charge in [-0.2, -0.15) is 13.2 Å². The van der Waals surface area contributed by atoms with Crippen LogP contribution in [-0.4, -0.2) is 21.6 Å². The van der Waals surface area contributed by atoms with E-state index in [1.165, 1.54) is 12.3 Å². The molecule has 0 atom stereocenters. The fourth-order valence-electron chi connectivity index (χ4n) is 2.47. The summed E-state index contributed by atoms with van der Waals surface area (Å²) in [7, 11) is 0. The Labute approximate surface area is 149 Å². The Morgan fingerprint density at radius 1 is 1.12 bits per heavy atom. The number of unbranched alkanes of at least 4 members (excludes halogenated alkanes) is 1. The number of nitrogens with zero attached hydrogens (tertiary/aromatic N) is 2. The minimum atomic E-state index is -4.39. The summed E-state index contributed by atoms with van der Waals surface area (Å²) < 4.78 is 44.4. The van der Waals surface area contributed by atoms with E-state index in [1.54, 1.807) is 18.3 Å². The molecule has 1 aromatic carbocycles. The first-order valence-corrected chi connectivity index (χ1v) is 8.30. The highest BCUT2D eigenvalue weighted by Gasteiger charge is 2.30. The topological polar surface area (TPSA) is 50.8 Å². The number of ether oxygens (including phenoxy) is 1. The van der Waals surface area contributed by atoms with Crippen molar-refractivity contribution >= 4 is 0 Å². The third-order valence-electron chi connectivity index (χ3n) is 3.84. The Morgan fingerprint density at radius 3 is 2.73 bits per heavy atom. The molecule has 3 aromatic rings. The molecule has 0 saturated heterocycles. The molecule has 0 fully saturated rings. The van der Waals surface area contributed by atoms with Crippen LogP contribution in [-0.2, 0) is 6.18 Å². The standard InChI is InChI=1S/C19H18F3N3O/c1-2-3-10-26-18-15(8-5-9-23-18)17-24-12-16(25-17)13-6-4-7-14(11-13)19(20,21)22/h4-9,11-12H,2-3,10H2,1H3,(H,24,25). The minimum Gasteiger partial charge on any atom is -0.477 e. The van der Waals surface area contributed by atoms with Crippen molar-refractivity contribution in [2.75, 3.05) is 6.61 Å². The van der Waals surface area contributed by atoms with Crippen LogP contribution in [0.25, 0.3) is 22.6 Å². The number of hydrogen-bond donors (Lipinski definition) is 1. The average Bonchev–Trinajstić information content (AvgIpc) is 3.12. The molecule has 4 nitrogen and oxygen atoms in total. The van der Waals surface area contributed by atoms with Gasteiger partial charge < -0.3 is 9.72 Å². The van der Waals surface area contributed by atoms with E-state index >= 15 is 0 Å². The number of pyridine rings is 1. The fourth-order valence-corrected chi connectivity index (χ4v) is 2.47. The fraction of sp³-hybridized carbons (Fsp3) is 0.263. The van der Waals surface area contributed by atoms with E-state index in [9.17, 15) is 13.2 Å². The van der Waals surface area contributed by atoms with E-state index in [0.717, 1.165) is 25.0 Å². The summed E-state index contributed by atoms with van der Waals surface area (Å²) >= 11 is 0. The second kappa shape index (κ2) is 7.59. The van der Waals surface area contributed by atoms with Gasteiger partial charge in [0.2, 0.25) is 5.88 Å². The molecule has 2 heterocycles. The predicted molar refractivity (Wildman–Crippen MR) is 92.7 cm³/mol. The van der Waals surface area contributed by atoms with E-state index in [0.29, 0.717) is 35.1 Å². The lowest BCUT2D eigenvalue weighted by atomic mass is 10.1. The third-order valence-corrected chi connectivity index (χ3v) is 3.84. The van der Waals surface area contributed by atoms with Crippen molar-refractivity contribution in [2.45, 2.75) is 25.9 Å². The highest BCUT2D eigenvalue weighted by atomic mass is 19.4. The van der Waals surface area contributed by atoms with Crippen LogP contribution in [0.2, 0.25) is 0 Å². The van der Waals surface area contributed by atoms with Gasteiger partial charge in [0.15, 0.2) is 0 Å². The molecule has 0 aliphatic rings. The predicted octanol–water partition coefficient (Wildman–Crippen LogP) is 5.34. The number of benzene rings is 1. The maximum absolute atomic E-state index is 12.9. The van der Waals surface area contributed by atoms with Crippen molar-refractivity contribution in [1.29, 1.82) is 0 Å². The number of rotatable bonds is 6. The quantitative estimate of drug-likeness (QED) is 0.603. The Bertz CT molecular complexity index is 874. The Hall–Kier alpha value is -2.83. The van der Waals surface area contributed by atoms with Crippen molar-refractivity contribution in [2.24, 2.45) is 0 Å². The molecule has 0 unspecified atom stereocenters. The van der Waals surface area contributed by atoms with Gasteiger partial charge in [-0.05, 0) is 30.7 Å². The lowest BCUT2D eigenvalue weighted by molar-refractivity contribution is -0.137.